The highest BCUT2D eigenvalue weighted by molar-refractivity contribution is 5.92. The molecule has 24 heavy (non-hydrogen) atoms. The minimum absolute atomic E-state index is 0.181. The number of aromatic amines is 1. The van der Waals surface area contributed by atoms with Crippen molar-refractivity contribution in [3.8, 4) is 5.69 Å². The molecule has 2 heterocycles. The monoisotopic (exact) mass is 317 g/mol. The Labute approximate surface area is 137 Å². The maximum Gasteiger partial charge on any atom is 0.330 e. The number of hydrogen-bond donors (Lipinski definition) is 2. The molecule has 0 aliphatic carbocycles. The summed E-state index contributed by atoms with van der Waals surface area (Å²) in [6.07, 6.45) is 4.84. The van der Waals surface area contributed by atoms with Crippen LogP contribution in [0.3, 0.4) is 0 Å². The van der Waals surface area contributed by atoms with Crippen LogP contribution < -0.4 is 11.0 Å². The van der Waals surface area contributed by atoms with Gasteiger partial charge in [0.15, 0.2) is 0 Å². The number of H-pyrrole nitrogens is 1. The van der Waals surface area contributed by atoms with E-state index in [2.05, 4.69) is 26.3 Å². The first-order chi connectivity index (χ1) is 11.7. The molecule has 0 fully saturated rings. The van der Waals surface area contributed by atoms with Crippen LogP contribution in [0, 0.1) is 6.92 Å². The van der Waals surface area contributed by atoms with Crippen molar-refractivity contribution < 1.29 is 0 Å². The number of imidazole rings is 1. The zero-order valence-electron chi connectivity index (χ0n) is 13.0. The summed E-state index contributed by atoms with van der Waals surface area (Å²) in [5.41, 5.74) is 3.51. The molecule has 0 bridgehead atoms. The molecule has 118 valence electrons. The van der Waals surface area contributed by atoms with Crippen molar-refractivity contribution in [3.05, 3.63) is 77.2 Å². The lowest BCUT2D eigenvalue weighted by atomic mass is 10.2. The summed E-state index contributed by atoms with van der Waals surface area (Å²) in [4.78, 5) is 23.1. The maximum absolute atomic E-state index is 11.8. The van der Waals surface area contributed by atoms with Crippen molar-refractivity contribution in [1.82, 2.24) is 19.5 Å². The zero-order valence-corrected chi connectivity index (χ0v) is 13.0. The molecule has 0 saturated heterocycles. The third-order valence-corrected chi connectivity index (χ3v) is 3.83. The molecule has 2 aromatic carbocycles. The van der Waals surface area contributed by atoms with Crippen LogP contribution in [-0.2, 0) is 0 Å². The predicted octanol–water partition coefficient (Wildman–Crippen LogP) is 3.16. The molecule has 0 unspecified atom stereocenters. The van der Waals surface area contributed by atoms with Gasteiger partial charge in [-0.3, -0.25) is 4.57 Å². The van der Waals surface area contributed by atoms with E-state index in [-0.39, 0.29) is 5.69 Å². The van der Waals surface area contributed by atoms with Gasteiger partial charge < -0.3 is 10.3 Å². The molecule has 0 aliphatic heterocycles. The summed E-state index contributed by atoms with van der Waals surface area (Å²) in [7, 11) is 0. The molecule has 4 rings (SSSR count). The van der Waals surface area contributed by atoms with Gasteiger partial charge in [-0.2, -0.15) is 0 Å². The summed E-state index contributed by atoms with van der Waals surface area (Å²) in [6.45, 7) is 2.04. The molecule has 2 N–H and O–H groups in total. The minimum atomic E-state index is -0.181. The van der Waals surface area contributed by atoms with E-state index in [0.717, 1.165) is 27.8 Å². The zero-order chi connectivity index (χ0) is 16.5. The molecule has 0 spiro atoms. The van der Waals surface area contributed by atoms with Crippen molar-refractivity contribution in [2.45, 2.75) is 6.92 Å². The first-order valence-corrected chi connectivity index (χ1v) is 7.55. The van der Waals surface area contributed by atoms with E-state index in [4.69, 9.17) is 0 Å². The average Bonchev–Trinajstić information content (AvgIpc) is 3.01. The fourth-order valence-electron chi connectivity index (χ4n) is 2.68. The highest BCUT2D eigenvalue weighted by Crippen LogP contribution is 2.25. The van der Waals surface area contributed by atoms with Crippen molar-refractivity contribution in [2.75, 3.05) is 5.32 Å². The van der Waals surface area contributed by atoms with Gasteiger partial charge in [0.1, 0.15) is 12.1 Å². The first kappa shape index (κ1) is 14.2. The van der Waals surface area contributed by atoms with Crippen LogP contribution in [0.25, 0.3) is 16.6 Å². The van der Waals surface area contributed by atoms with E-state index in [1.807, 2.05) is 43.3 Å². The van der Waals surface area contributed by atoms with E-state index in [0.29, 0.717) is 5.82 Å². The van der Waals surface area contributed by atoms with Crippen LogP contribution >= 0.6 is 0 Å². The topological polar surface area (TPSA) is 75.6 Å². The molecule has 0 radical (unpaired) electrons. The van der Waals surface area contributed by atoms with Crippen LogP contribution in [0.1, 0.15) is 5.56 Å². The van der Waals surface area contributed by atoms with Gasteiger partial charge >= 0.3 is 5.69 Å². The molecule has 0 amide bonds. The highest BCUT2D eigenvalue weighted by atomic mass is 16.1. The van der Waals surface area contributed by atoms with E-state index in [1.165, 1.54) is 6.33 Å². The standard InChI is InChI=1S/C18H15N5O/c1-12-3-2-4-13(9-12)22-17-15-10-14(23-8-7-19-18(23)24)5-6-16(15)20-11-21-17/h2-11H,1H3,(H,19,24)(H,20,21,22). The Hall–Kier alpha value is -3.41. The molecular weight excluding hydrogens is 302 g/mol. The number of nitrogens with one attached hydrogen (secondary N) is 2. The third-order valence-electron chi connectivity index (χ3n) is 3.83. The molecule has 6 heteroatoms. The number of rotatable bonds is 3. The summed E-state index contributed by atoms with van der Waals surface area (Å²) in [6, 6.07) is 13.7. The first-order valence-electron chi connectivity index (χ1n) is 7.55. The average molecular weight is 317 g/mol. The summed E-state index contributed by atoms with van der Waals surface area (Å²) in [5.74, 6) is 0.705. The minimum Gasteiger partial charge on any atom is -0.340 e. The Morgan fingerprint density at radius 2 is 2.04 bits per heavy atom. The van der Waals surface area contributed by atoms with Gasteiger partial charge in [-0.15, -0.1) is 0 Å². The number of benzene rings is 2. The molecule has 0 atom stereocenters. The molecular formula is C18H15N5O. The number of nitrogens with zero attached hydrogens (tertiary/aromatic N) is 3. The van der Waals surface area contributed by atoms with Crippen molar-refractivity contribution >= 4 is 22.4 Å². The lowest BCUT2D eigenvalue weighted by Crippen LogP contribution is -2.13. The second-order valence-electron chi connectivity index (χ2n) is 5.55. The number of aromatic nitrogens is 4. The number of fused-ring (bicyclic) bond motifs is 1. The normalized spacial score (nSPS) is 10.9. The van der Waals surface area contributed by atoms with Crippen LogP contribution in [0.5, 0.6) is 0 Å². The van der Waals surface area contributed by atoms with Gasteiger partial charge in [0, 0.05) is 23.5 Å². The van der Waals surface area contributed by atoms with Crippen LogP contribution in [0.4, 0.5) is 11.5 Å². The van der Waals surface area contributed by atoms with Crippen LogP contribution in [0.2, 0.25) is 0 Å². The Balaban J connectivity index is 1.83. The molecule has 0 saturated carbocycles. The van der Waals surface area contributed by atoms with Gasteiger partial charge in [-0.1, -0.05) is 12.1 Å². The summed E-state index contributed by atoms with van der Waals surface area (Å²) in [5, 5.41) is 4.18. The molecule has 6 nitrogen and oxygen atoms in total. The summed E-state index contributed by atoms with van der Waals surface area (Å²) < 4.78 is 1.54. The smallest absolute Gasteiger partial charge is 0.330 e. The largest absolute Gasteiger partial charge is 0.340 e. The van der Waals surface area contributed by atoms with Crippen LogP contribution in [-0.4, -0.2) is 19.5 Å². The SMILES string of the molecule is Cc1cccc(Nc2ncnc3ccc(-n4cc[nH]c4=O)cc23)c1. The Kier molecular flexibility index (Phi) is 3.35. The predicted molar refractivity (Wildman–Crippen MR) is 93.9 cm³/mol. The van der Waals surface area contributed by atoms with Crippen molar-refractivity contribution in [2.24, 2.45) is 0 Å². The fraction of sp³-hybridized carbons (Fsp3) is 0.0556. The quantitative estimate of drug-likeness (QED) is 0.608. The van der Waals surface area contributed by atoms with Crippen molar-refractivity contribution in [1.29, 1.82) is 0 Å². The molecule has 2 aromatic heterocycles. The van der Waals surface area contributed by atoms with Gasteiger partial charge in [-0.25, -0.2) is 14.8 Å². The Morgan fingerprint density at radius 3 is 2.83 bits per heavy atom. The van der Waals surface area contributed by atoms with Crippen molar-refractivity contribution in [3.63, 3.8) is 0 Å². The lowest BCUT2D eigenvalue weighted by Gasteiger charge is -2.10. The Bertz CT molecular complexity index is 1080. The fourth-order valence-corrected chi connectivity index (χ4v) is 2.68. The molecule has 0 aliphatic rings. The lowest BCUT2D eigenvalue weighted by molar-refractivity contribution is 0.989. The number of anilines is 2. The van der Waals surface area contributed by atoms with Gasteiger partial charge in [0.25, 0.3) is 0 Å². The van der Waals surface area contributed by atoms with Gasteiger partial charge in [-0.05, 0) is 42.8 Å². The Morgan fingerprint density at radius 1 is 1.12 bits per heavy atom. The highest BCUT2D eigenvalue weighted by Gasteiger charge is 2.07. The number of aryl methyl sites for hydroxylation is 1. The second kappa shape index (κ2) is 5.66. The van der Waals surface area contributed by atoms with Gasteiger partial charge in [0.2, 0.25) is 0 Å². The van der Waals surface area contributed by atoms with E-state index < -0.39 is 0 Å². The van der Waals surface area contributed by atoms with E-state index in [1.54, 1.807) is 17.0 Å². The molecule has 4 aromatic rings. The van der Waals surface area contributed by atoms with Crippen LogP contribution in [0.15, 0.2) is 66.0 Å². The number of hydrogen-bond acceptors (Lipinski definition) is 4. The summed E-state index contributed by atoms with van der Waals surface area (Å²) >= 11 is 0. The van der Waals surface area contributed by atoms with E-state index in [9.17, 15) is 4.79 Å². The maximum atomic E-state index is 11.8. The third kappa shape index (κ3) is 2.54. The van der Waals surface area contributed by atoms with Gasteiger partial charge in [0.05, 0.1) is 11.2 Å². The van der Waals surface area contributed by atoms with E-state index >= 15 is 0 Å². The second-order valence-corrected chi connectivity index (χ2v) is 5.55.